The average Bonchev–Trinajstić information content (AvgIpc) is 3.91. The lowest BCUT2D eigenvalue weighted by Gasteiger charge is -2.14. The molecular formula is C51H31N3O2S. The lowest BCUT2D eigenvalue weighted by Crippen LogP contribution is -2.00. The zero-order valence-corrected chi connectivity index (χ0v) is 31.2. The van der Waals surface area contributed by atoms with Gasteiger partial charge in [-0.15, -0.1) is 11.3 Å². The van der Waals surface area contributed by atoms with E-state index in [1.54, 1.807) is 6.07 Å². The van der Waals surface area contributed by atoms with Crippen LogP contribution in [0.5, 0.6) is 0 Å². The number of nitriles is 1. The number of nitrogens with zero attached hydrogens (tertiary/aromatic N) is 3. The van der Waals surface area contributed by atoms with E-state index in [2.05, 4.69) is 126 Å². The van der Waals surface area contributed by atoms with Crippen molar-refractivity contribution in [1.29, 1.82) is 5.26 Å². The lowest BCUT2D eigenvalue weighted by molar-refractivity contribution is -0.132. The second-order valence-corrected chi connectivity index (χ2v) is 14.5. The number of aliphatic carboxylic acids is 1. The predicted molar refractivity (Wildman–Crippen MR) is 232 cm³/mol. The molecule has 0 fully saturated rings. The summed E-state index contributed by atoms with van der Waals surface area (Å²) in [5, 5.41) is 22.9. The van der Waals surface area contributed by atoms with E-state index in [1.165, 1.54) is 17.4 Å². The number of thiophene rings is 1. The van der Waals surface area contributed by atoms with Gasteiger partial charge in [0.25, 0.3) is 0 Å². The predicted octanol–water partition coefficient (Wildman–Crippen LogP) is 12.3. The van der Waals surface area contributed by atoms with Gasteiger partial charge in [0.15, 0.2) is 0 Å². The van der Waals surface area contributed by atoms with E-state index in [0.717, 1.165) is 82.7 Å². The zero-order chi connectivity index (χ0) is 38.7. The SMILES string of the molecule is N#C/C(=C\c1ccc(-c2c3ccccc3c(C#Cc3ccc(-c4nc(-c5ccccc5)c(-c5ccccc5)n4-c4ccccc4)cc3)c3ccccc23)s1)C(=O)O. The Morgan fingerprint density at radius 1 is 0.614 bits per heavy atom. The molecule has 0 aliphatic carbocycles. The standard InChI is InChI=1S/C51H31N3O2S/c52-33-38(51(55)56)32-40-29-31-46(57-40)47-44-22-12-10-20-41(44)43(42-21-11-13-23-45(42)47)30-26-34-24-27-37(28-25-34)50-53-48(35-14-4-1-5-15-35)49(36-16-6-2-7-17-36)54(50)39-18-8-3-9-19-39/h1-25,27-29,31-32H,(H,55,56)/b38-32+. The molecule has 0 atom stereocenters. The van der Waals surface area contributed by atoms with Crippen LogP contribution >= 0.6 is 11.3 Å². The van der Waals surface area contributed by atoms with Crippen LogP contribution in [0.1, 0.15) is 16.0 Å². The number of para-hydroxylation sites is 1. The molecule has 1 N–H and O–H groups in total. The van der Waals surface area contributed by atoms with Gasteiger partial charge in [-0.3, -0.25) is 4.57 Å². The van der Waals surface area contributed by atoms with Gasteiger partial charge in [0, 0.05) is 48.8 Å². The number of carboxylic acids is 1. The summed E-state index contributed by atoms with van der Waals surface area (Å²) < 4.78 is 2.25. The first-order valence-electron chi connectivity index (χ1n) is 18.4. The first kappa shape index (κ1) is 35.0. The highest BCUT2D eigenvalue weighted by molar-refractivity contribution is 7.16. The maximum Gasteiger partial charge on any atom is 0.346 e. The first-order valence-corrected chi connectivity index (χ1v) is 19.2. The van der Waals surface area contributed by atoms with E-state index in [4.69, 9.17) is 4.98 Å². The number of rotatable bonds is 7. The van der Waals surface area contributed by atoms with Crippen LogP contribution in [0.15, 0.2) is 181 Å². The molecule has 0 radical (unpaired) electrons. The largest absolute Gasteiger partial charge is 0.477 e. The van der Waals surface area contributed by atoms with Crippen molar-refractivity contribution in [3.63, 3.8) is 0 Å². The van der Waals surface area contributed by atoms with Crippen molar-refractivity contribution >= 4 is 44.9 Å². The third-order valence-electron chi connectivity index (χ3n) is 9.90. The van der Waals surface area contributed by atoms with Crippen LogP contribution in [0.3, 0.4) is 0 Å². The maximum atomic E-state index is 11.5. The van der Waals surface area contributed by atoms with E-state index in [-0.39, 0.29) is 5.57 Å². The second-order valence-electron chi connectivity index (χ2n) is 13.4. The number of imidazole rings is 1. The Morgan fingerprint density at radius 3 is 1.77 bits per heavy atom. The molecule has 0 saturated carbocycles. The number of fused-ring (bicyclic) bond motifs is 2. The Bertz CT molecular complexity index is 3030. The summed E-state index contributed by atoms with van der Waals surface area (Å²) in [6, 6.07) is 61.6. The summed E-state index contributed by atoms with van der Waals surface area (Å²) in [6.07, 6.45) is 1.42. The molecule has 0 aliphatic heterocycles. The molecule has 7 aromatic carbocycles. The molecule has 268 valence electrons. The number of carbonyl (C=O) groups is 1. The van der Waals surface area contributed by atoms with Crippen molar-refractivity contribution < 1.29 is 9.90 Å². The van der Waals surface area contributed by atoms with E-state index >= 15 is 0 Å². The summed E-state index contributed by atoms with van der Waals surface area (Å²) in [5.74, 6) is 6.62. The van der Waals surface area contributed by atoms with E-state index in [1.807, 2.05) is 66.7 Å². The van der Waals surface area contributed by atoms with Crippen molar-refractivity contribution in [3.8, 4) is 67.9 Å². The van der Waals surface area contributed by atoms with Gasteiger partial charge in [-0.2, -0.15) is 5.26 Å². The Hall–Kier alpha value is -7.77. The number of hydrogen-bond donors (Lipinski definition) is 1. The number of benzene rings is 7. The second kappa shape index (κ2) is 15.2. The number of aromatic nitrogens is 2. The summed E-state index contributed by atoms with van der Waals surface area (Å²) in [7, 11) is 0. The fourth-order valence-electron chi connectivity index (χ4n) is 7.32. The van der Waals surface area contributed by atoms with E-state index in [9.17, 15) is 15.2 Å². The van der Waals surface area contributed by atoms with Crippen LogP contribution in [-0.4, -0.2) is 20.6 Å². The molecule has 9 aromatic rings. The molecule has 6 heteroatoms. The quantitative estimate of drug-likeness (QED) is 0.0761. The van der Waals surface area contributed by atoms with Gasteiger partial charge in [-0.05, 0) is 64.0 Å². The monoisotopic (exact) mass is 749 g/mol. The molecule has 5 nitrogen and oxygen atoms in total. The molecule has 0 spiro atoms. The third kappa shape index (κ3) is 6.68. The fourth-order valence-corrected chi connectivity index (χ4v) is 8.34. The Kier molecular flexibility index (Phi) is 9.30. The topological polar surface area (TPSA) is 78.9 Å². The highest BCUT2D eigenvalue weighted by atomic mass is 32.1. The first-order chi connectivity index (χ1) is 28.1. The number of hydrogen-bond acceptors (Lipinski definition) is 4. The van der Waals surface area contributed by atoms with Crippen LogP contribution in [0.4, 0.5) is 0 Å². The van der Waals surface area contributed by atoms with Crippen molar-refractivity contribution in [2.75, 3.05) is 0 Å². The maximum absolute atomic E-state index is 11.5. The highest BCUT2D eigenvalue weighted by Gasteiger charge is 2.22. The molecule has 57 heavy (non-hydrogen) atoms. The summed E-state index contributed by atoms with van der Waals surface area (Å²) in [5.41, 5.74) is 8.61. The minimum Gasteiger partial charge on any atom is -0.477 e. The van der Waals surface area contributed by atoms with Gasteiger partial charge in [0.1, 0.15) is 17.5 Å². The molecule has 0 saturated heterocycles. The van der Waals surface area contributed by atoms with Crippen molar-refractivity contribution in [2.45, 2.75) is 0 Å². The smallest absolute Gasteiger partial charge is 0.346 e. The minimum absolute atomic E-state index is 0.299. The van der Waals surface area contributed by atoms with Gasteiger partial charge in [0.2, 0.25) is 0 Å². The third-order valence-corrected chi connectivity index (χ3v) is 11.0. The van der Waals surface area contributed by atoms with Gasteiger partial charge >= 0.3 is 5.97 Å². The highest BCUT2D eigenvalue weighted by Crippen LogP contribution is 2.42. The Balaban J connectivity index is 1.15. The van der Waals surface area contributed by atoms with Crippen molar-refractivity contribution in [2.24, 2.45) is 0 Å². The molecule has 0 bridgehead atoms. The van der Waals surface area contributed by atoms with Gasteiger partial charge in [0.05, 0.1) is 11.4 Å². The molecule has 0 amide bonds. The van der Waals surface area contributed by atoms with E-state index in [0.29, 0.717) is 4.88 Å². The van der Waals surface area contributed by atoms with Crippen molar-refractivity contribution in [3.05, 3.63) is 198 Å². The number of carboxylic acid groups (broad SMARTS) is 1. The van der Waals surface area contributed by atoms with Crippen LogP contribution in [0.2, 0.25) is 0 Å². The summed E-state index contributed by atoms with van der Waals surface area (Å²) in [6.45, 7) is 0. The van der Waals surface area contributed by atoms with Gasteiger partial charge < -0.3 is 5.11 Å². The van der Waals surface area contributed by atoms with Crippen LogP contribution in [-0.2, 0) is 4.79 Å². The Morgan fingerprint density at radius 2 is 1.18 bits per heavy atom. The lowest BCUT2D eigenvalue weighted by atomic mass is 9.91. The average molecular weight is 750 g/mol. The van der Waals surface area contributed by atoms with Crippen LogP contribution in [0.25, 0.3) is 77.7 Å². The Labute approximate surface area is 333 Å². The summed E-state index contributed by atoms with van der Waals surface area (Å²) >= 11 is 1.46. The molecule has 2 aromatic heterocycles. The van der Waals surface area contributed by atoms with Crippen molar-refractivity contribution in [1.82, 2.24) is 9.55 Å². The minimum atomic E-state index is -1.24. The molecule has 9 rings (SSSR count). The molecule has 0 aliphatic rings. The normalized spacial score (nSPS) is 11.2. The van der Waals surface area contributed by atoms with E-state index < -0.39 is 5.97 Å². The summed E-state index contributed by atoms with van der Waals surface area (Å²) in [4.78, 5) is 18.5. The fraction of sp³-hybridized carbons (Fsp3) is 0. The molecular weight excluding hydrogens is 719 g/mol. The van der Waals surface area contributed by atoms with Gasteiger partial charge in [-0.25, -0.2) is 9.78 Å². The molecule has 2 heterocycles. The zero-order valence-electron chi connectivity index (χ0n) is 30.4. The van der Waals surface area contributed by atoms with Crippen LogP contribution < -0.4 is 0 Å². The van der Waals surface area contributed by atoms with Gasteiger partial charge in [-0.1, -0.05) is 151 Å². The van der Waals surface area contributed by atoms with Crippen LogP contribution in [0, 0.1) is 23.2 Å². The molecule has 0 unspecified atom stereocenters.